The summed E-state index contributed by atoms with van der Waals surface area (Å²) in [5.74, 6) is 1.93. The fraction of sp³-hybridized carbons (Fsp3) is 0.222. The zero-order chi connectivity index (χ0) is 8.97. The van der Waals surface area contributed by atoms with Crippen molar-refractivity contribution in [3.63, 3.8) is 0 Å². The van der Waals surface area contributed by atoms with Crippen LogP contribution in [0.4, 0.5) is 5.82 Å². The second-order valence-corrected chi connectivity index (χ2v) is 2.39. The van der Waals surface area contributed by atoms with Crippen LogP contribution in [-0.2, 0) is 0 Å². The summed E-state index contributed by atoms with van der Waals surface area (Å²) in [6, 6.07) is 0. The lowest BCUT2D eigenvalue weighted by atomic mass is 10.5. The zero-order valence-corrected chi connectivity index (χ0v) is 7.41. The first-order valence-corrected chi connectivity index (χ1v) is 3.80. The first-order valence-electron chi connectivity index (χ1n) is 3.80. The predicted molar refractivity (Wildman–Crippen MR) is 52.0 cm³/mol. The minimum atomic E-state index is 0.956. The van der Waals surface area contributed by atoms with E-state index in [1.807, 2.05) is 30.8 Å². The summed E-state index contributed by atoms with van der Waals surface area (Å²) in [4.78, 5) is 4.16. The van der Waals surface area contributed by atoms with Gasteiger partial charge in [0.15, 0.2) is 0 Å². The van der Waals surface area contributed by atoms with Gasteiger partial charge in [-0.25, -0.2) is 4.98 Å². The Morgan fingerprint density at radius 1 is 1.67 bits per heavy atom. The molecule has 1 heterocycles. The fourth-order valence-corrected chi connectivity index (χ4v) is 0.973. The van der Waals surface area contributed by atoms with Crippen LogP contribution in [0.1, 0.15) is 5.82 Å². The van der Waals surface area contributed by atoms with Gasteiger partial charge in [-0.3, -0.25) is 4.57 Å². The van der Waals surface area contributed by atoms with E-state index in [0.717, 1.165) is 11.6 Å². The molecule has 1 N–H and O–H groups in total. The summed E-state index contributed by atoms with van der Waals surface area (Å²) in [5, 5.41) is 3.04. The Balaban J connectivity index is 3.01. The number of hydrogen-bond acceptors (Lipinski definition) is 2. The molecule has 0 saturated carbocycles. The molecule has 0 amide bonds. The first kappa shape index (κ1) is 8.59. The van der Waals surface area contributed by atoms with Gasteiger partial charge in [0.25, 0.3) is 0 Å². The van der Waals surface area contributed by atoms with Gasteiger partial charge in [0.2, 0.25) is 0 Å². The van der Waals surface area contributed by atoms with Crippen molar-refractivity contribution in [2.45, 2.75) is 6.92 Å². The van der Waals surface area contributed by atoms with Gasteiger partial charge in [-0.05, 0) is 13.0 Å². The highest BCUT2D eigenvalue weighted by Crippen LogP contribution is 2.09. The van der Waals surface area contributed by atoms with E-state index in [4.69, 9.17) is 0 Å². The van der Waals surface area contributed by atoms with Crippen LogP contribution in [0.5, 0.6) is 0 Å². The number of imidazole rings is 1. The monoisotopic (exact) mass is 163 g/mol. The normalized spacial score (nSPS) is 10.5. The number of anilines is 1. The zero-order valence-electron chi connectivity index (χ0n) is 7.41. The SMILES string of the molecule is C=C/C=C\n1c(NC)cnc1C. The van der Waals surface area contributed by atoms with E-state index in [1.54, 1.807) is 12.3 Å². The summed E-state index contributed by atoms with van der Waals surface area (Å²) in [5.41, 5.74) is 0. The molecule has 1 rings (SSSR count). The third kappa shape index (κ3) is 1.56. The summed E-state index contributed by atoms with van der Waals surface area (Å²) in [7, 11) is 1.87. The van der Waals surface area contributed by atoms with Crippen LogP contribution in [0.2, 0.25) is 0 Å². The van der Waals surface area contributed by atoms with Crippen LogP contribution in [0.3, 0.4) is 0 Å². The van der Waals surface area contributed by atoms with Crippen molar-refractivity contribution in [2.75, 3.05) is 12.4 Å². The smallest absolute Gasteiger partial charge is 0.130 e. The molecular weight excluding hydrogens is 150 g/mol. The van der Waals surface area contributed by atoms with Crippen LogP contribution in [0.25, 0.3) is 6.20 Å². The summed E-state index contributed by atoms with van der Waals surface area (Å²) in [6.07, 6.45) is 7.32. The number of allylic oxidation sites excluding steroid dienone is 2. The van der Waals surface area contributed by atoms with Gasteiger partial charge in [-0.1, -0.05) is 12.7 Å². The van der Waals surface area contributed by atoms with Crippen molar-refractivity contribution >= 4 is 12.0 Å². The van der Waals surface area contributed by atoms with Crippen molar-refractivity contribution in [2.24, 2.45) is 0 Å². The van der Waals surface area contributed by atoms with Gasteiger partial charge in [-0.15, -0.1) is 0 Å². The Morgan fingerprint density at radius 2 is 2.42 bits per heavy atom. The van der Waals surface area contributed by atoms with Gasteiger partial charge in [0, 0.05) is 13.2 Å². The van der Waals surface area contributed by atoms with E-state index in [9.17, 15) is 0 Å². The van der Waals surface area contributed by atoms with Crippen LogP contribution in [0.15, 0.2) is 24.9 Å². The topological polar surface area (TPSA) is 29.9 Å². The highest BCUT2D eigenvalue weighted by molar-refractivity contribution is 5.45. The number of nitrogens with one attached hydrogen (secondary N) is 1. The molecule has 1 aromatic rings. The highest BCUT2D eigenvalue weighted by Gasteiger charge is 1.99. The second kappa shape index (κ2) is 3.76. The van der Waals surface area contributed by atoms with Crippen LogP contribution in [-0.4, -0.2) is 16.6 Å². The van der Waals surface area contributed by atoms with E-state index in [2.05, 4.69) is 16.9 Å². The van der Waals surface area contributed by atoms with Crippen molar-refractivity contribution in [1.82, 2.24) is 9.55 Å². The van der Waals surface area contributed by atoms with Crippen molar-refractivity contribution in [3.05, 3.63) is 30.8 Å². The summed E-state index contributed by atoms with van der Waals surface area (Å²) in [6.45, 7) is 5.56. The average Bonchev–Trinajstić information content (AvgIpc) is 2.43. The van der Waals surface area contributed by atoms with Crippen molar-refractivity contribution in [1.29, 1.82) is 0 Å². The van der Waals surface area contributed by atoms with E-state index in [1.165, 1.54) is 0 Å². The van der Waals surface area contributed by atoms with Crippen molar-refractivity contribution in [3.8, 4) is 0 Å². The van der Waals surface area contributed by atoms with Gasteiger partial charge in [0.1, 0.15) is 11.6 Å². The minimum Gasteiger partial charge on any atom is -0.373 e. The molecule has 0 radical (unpaired) electrons. The molecule has 0 saturated heterocycles. The van der Waals surface area contributed by atoms with Crippen molar-refractivity contribution < 1.29 is 0 Å². The number of aromatic nitrogens is 2. The third-order valence-corrected chi connectivity index (χ3v) is 1.61. The Bertz CT molecular complexity index is 297. The molecule has 0 fully saturated rings. The molecular formula is C9H13N3. The maximum absolute atomic E-state index is 4.16. The third-order valence-electron chi connectivity index (χ3n) is 1.61. The van der Waals surface area contributed by atoms with E-state index in [-0.39, 0.29) is 0 Å². The lowest BCUT2D eigenvalue weighted by Crippen LogP contribution is -1.97. The van der Waals surface area contributed by atoms with Gasteiger partial charge < -0.3 is 5.32 Å². The molecule has 0 bridgehead atoms. The Labute approximate surface area is 72.4 Å². The Kier molecular flexibility index (Phi) is 2.69. The number of hydrogen-bond donors (Lipinski definition) is 1. The molecule has 12 heavy (non-hydrogen) atoms. The molecule has 0 aromatic carbocycles. The Morgan fingerprint density at radius 3 is 3.00 bits per heavy atom. The lowest BCUT2D eigenvalue weighted by Gasteiger charge is -2.02. The fourth-order valence-electron chi connectivity index (χ4n) is 0.973. The van der Waals surface area contributed by atoms with Crippen LogP contribution < -0.4 is 5.32 Å². The van der Waals surface area contributed by atoms with Gasteiger partial charge >= 0.3 is 0 Å². The van der Waals surface area contributed by atoms with Gasteiger partial charge in [0.05, 0.1) is 6.20 Å². The molecule has 3 nitrogen and oxygen atoms in total. The number of nitrogens with zero attached hydrogens (tertiary/aromatic N) is 2. The molecule has 3 heteroatoms. The molecule has 0 aliphatic rings. The molecule has 64 valence electrons. The van der Waals surface area contributed by atoms with Gasteiger partial charge in [-0.2, -0.15) is 0 Å². The van der Waals surface area contributed by atoms with Crippen LogP contribution >= 0.6 is 0 Å². The van der Waals surface area contributed by atoms with E-state index >= 15 is 0 Å². The first-order chi connectivity index (χ1) is 5.79. The maximum Gasteiger partial charge on any atom is 0.130 e. The maximum atomic E-state index is 4.16. The lowest BCUT2D eigenvalue weighted by molar-refractivity contribution is 1.03. The molecule has 0 unspecified atom stereocenters. The quantitative estimate of drug-likeness (QED) is 0.689. The molecule has 0 aliphatic heterocycles. The summed E-state index contributed by atoms with van der Waals surface area (Å²) < 4.78 is 1.96. The summed E-state index contributed by atoms with van der Waals surface area (Å²) >= 11 is 0. The molecule has 0 aliphatic carbocycles. The predicted octanol–water partition coefficient (Wildman–Crippen LogP) is 1.89. The standard InChI is InChI=1S/C9H13N3/c1-4-5-6-12-8(2)11-7-9(12)10-3/h4-7,10H,1H2,2-3H3/b6-5-. The Hall–Kier alpha value is -1.51. The molecule has 1 aromatic heterocycles. The minimum absolute atomic E-state index is 0.956. The number of aryl methyl sites for hydroxylation is 1. The second-order valence-electron chi connectivity index (χ2n) is 2.39. The average molecular weight is 163 g/mol. The van der Waals surface area contributed by atoms with E-state index in [0.29, 0.717) is 0 Å². The highest BCUT2D eigenvalue weighted by atomic mass is 15.2. The largest absolute Gasteiger partial charge is 0.373 e. The molecule has 0 atom stereocenters. The van der Waals surface area contributed by atoms with E-state index < -0.39 is 0 Å². The van der Waals surface area contributed by atoms with Crippen LogP contribution in [0, 0.1) is 6.92 Å². The number of rotatable bonds is 3. The molecule has 0 spiro atoms.